The highest BCUT2D eigenvalue weighted by Gasteiger charge is 2.22. The van der Waals surface area contributed by atoms with E-state index in [9.17, 15) is 0 Å². The van der Waals surface area contributed by atoms with E-state index in [4.69, 9.17) is 17.8 Å². The second kappa shape index (κ2) is 7.68. The molecule has 2 saturated heterocycles. The SMILES string of the molecule is c1cc(COSCC2CO2)ccc1COSCC1CO1. The van der Waals surface area contributed by atoms with Crippen molar-refractivity contribution >= 4 is 24.1 Å². The first kappa shape index (κ1) is 14.7. The molecule has 0 amide bonds. The Hall–Kier alpha value is -0.240. The summed E-state index contributed by atoms with van der Waals surface area (Å²) in [4.78, 5) is 0. The lowest BCUT2D eigenvalue weighted by atomic mass is 10.1. The fourth-order valence-electron chi connectivity index (χ4n) is 1.53. The minimum absolute atomic E-state index is 0.415. The van der Waals surface area contributed by atoms with Gasteiger partial charge in [0.2, 0.25) is 0 Å². The van der Waals surface area contributed by atoms with Gasteiger partial charge in [-0.2, -0.15) is 0 Å². The average molecular weight is 314 g/mol. The van der Waals surface area contributed by atoms with Crippen LogP contribution in [0.4, 0.5) is 0 Å². The summed E-state index contributed by atoms with van der Waals surface area (Å²) < 4.78 is 21.3. The van der Waals surface area contributed by atoms with E-state index in [1.807, 2.05) is 0 Å². The molecule has 3 rings (SSSR count). The number of rotatable bonds is 10. The Balaban J connectivity index is 1.28. The summed E-state index contributed by atoms with van der Waals surface area (Å²) in [6, 6.07) is 8.34. The van der Waals surface area contributed by atoms with Gasteiger partial charge in [0.15, 0.2) is 0 Å². The molecule has 0 aromatic heterocycles. The third kappa shape index (κ3) is 5.63. The minimum Gasteiger partial charge on any atom is -0.372 e. The molecule has 0 aliphatic carbocycles. The largest absolute Gasteiger partial charge is 0.372 e. The van der Waals surface area contributed by atoms with Crippen LogP contribution in [0.1, 0.15) is 11.1 Å². The Morgan fingerprint density at radius 1 is 0.850 bits per heavy atom. The predicted octanol–water partition coefficient (Wildman–Crippen LogP) is 2.81. The van der Waals surface area contributed by atoms with Gasteiger partial charge in [0.05, 0.1) is 38.6 Å². The van der Waals surface area contributed by atoms with Crippen molar-refractivity contribution < 1.29 is 17.8 Å². The fourth-order valence-corrected chi connectivity index (χ4v) is 2.85. The van der Waals surface area contributed by atoms with Crippen LogP contribution >= 0.6 is 24.1 Å². The molecule has 6 heteroatoms. The van der Waals surface area contributed by atoms with Crippen LogP contribution in [0, 0.1) is 0 Å². The molecule has 2 atom stereocenters. The molecule has 110 valence electrons. The van der Waals surface area contributed by atoms with Gasteiger partial charge in [0.25, 0.3) is 0 Å². The normalized spacial score (nSPS) is 23.8. The first-order valence-corrected chi connectivity index (χ1v) is 8.52. The summed E-state index contributed by atoms with van der Waals surface area (Å²) in [6.07, 6.45) is 0.830. The van der Waals surface area contributed by atoms with Crippen LogP contribution in [0.2, 0.25) is 0 Å². The highest BCUT2D eigenvalue weighted by molar-refractivity contribution is 7.94. The molecule has 2 unspecified atom stereocenters. The van der Waals surface area contributed by atoms with Crippen molar-refractivity contribution in [1.82, 2.24) is 0 Å². The summed E-state index contributed by atoms with van der Waals surface area (Å²) >= 11 is 2.97. The molecule has 0 N–H and O–H groups in total. The Morgan fingerprint density at radius 3 is 1.60 bits per heavy atom. The van der Waals surface area contributed by atoms with E-state index in [0.717, 1.165) is 24.7 Å². The van der Waals surface area contributed by atoms with Gasteiger partial charge >= 0.3 is 0 Å². The molecule has 2 aliphatic heterocycles. The van der Waals surface area contributed by atoms with Crippen molar-refractivity contribution in [2.75, 3.05) is 24.7 Å². The van der Waals surface area contributed by atoms with Crippen LogP contribution in [0.3, 0.4) is 0 Å². The van der Waals surface area contributed by atoms with Gasteiger partial charge in [0.1, 0.15) is 0 Å². The number of epoxide rings is 2. The lowest BCUT2D eigenvalue weighted by molar-refractivity contribution is 0.355. The van der Waals surface area contributed by atoms with Gasteiger partial charge in [-0.05, 0) is 35.2 Å². The summed E-state index contributed by atoms with van der Waals surface area (Å²) in [6.45, 7) is 3.03. The summed E-state index contributed by atoms with van der Waals surface area (Å²) in [5.74, 6) is 1.85. The second-order valence-corrected chi connectivity index (χ2v) is 6.43. The van der Waals surface area contributed by atoms with Crippen LogP contribution < -0.4 is 0 Å². The van der Waals surface area contributed by atoms with Gasteiger partial charge in [-0.15, -0.1) is 0 Å². The van der Waals surface area contributed by atoms with Gasteiger partial charge in [-0.25, -0.2) is 0 Å². The van der Waals surface area contributed by atoms with E-state index in [0.29, 0.717) is 25.4 Å². The van der Waals surface area contributed by atoms with E-state index in [1.165, 1.54) is 35.2 Å². The molecule has 0 saturated carbocycles. The second-order valence-electron chi connectivity index (χ2n) is 4.82. The maximum atomic E-state index is 5.53. The van der Waals surface area contributed by atoms with Crippen LogP contribution in [-0.2, 0) is 31.1 Å². The minimum atomic E-state index is 0.415. The van der Waals surface area contributed by atoms with Gasteiger partial charge in [-0.3, -0.25) is 0 Å². The van der Waals surface area contributed by atoms with Gasteiger partial charge in [0, 0.05) is 11.5 Å². The molecular formula is C14H18O4S2. The van der Waals surface area contributed by atoms with Crippen molar-refractivity contribution in [3.05, 3.63) is 35.4 Å². The lowest BCUT2D eigenvalue weighted by Crippen LogP contribution is -1.94. The molecule has 20 heavy (non-hydrogen) atoms. The van der Waals surface area contributed by atoms with Crippen molar-refractivity contribution in [2.45, 2.75) is 25.4 Å². The molecule has 1 aromatic rings. The third-order valence-electron chi connectivity index (χ3n) is 2.95. The number of hydrogen-bond acceptors (Lipinski definition) is 6. The number of hydrogen-bond donors (Lipinski definition) is 0. The first-order valence-electron chi connectivity index (χ1n) is 6.70. The molecule has 2 fully saturated rings. The number of benzene rings is 1. The maximum Gasteiger partial charge on any atom is 0.0922 e. The van der Waals surface area contributed by atoms with Crippen LogP contribution in [0.25, 0.3) is 0 Å². The quantitative estimate of drug-likeness (QED) is 0.376. The Labute approximate surface area is 127 Å². The zero-order chi connectivity index (χ0) is 13.6. The van der Waals surface area contributed by atoms with Crippen molar-refractivity contribution in [2.24, 2.45) is 0 Å². The van der Waals surface area contributed by atoms with E-state index >= 15 is 0 Å². The smallest absolute Gasteiger partial charge is 0.0922 e. The number of ether oxygens (including phenoxy) is 2. The summed E-state index contributed by atoms with van der Waals surface area (Å²) in [5, 5.41) is 0. The predicted molar refractivity (Wildman–Crippen MR) is 80.4 cm³/mol. The van der Waals surface area contributed by atoms with Crippen LogP contribution in [0.15, 0.2) is 24.3 Å². The summed E-state index contributed by atoms with van der Waals surface area (Å²) in [7, 11) is 0. The molecule has 0 bridgehead atoms. The topological polar surface area (TPSA) is 43.5 Å². The van der Waals surface area contributed by atoms with E-state index in [2.05, 4.69) is 24.3 Å². The Morgan fingerprint density at radius 2 is 1.25 bits per heavy atom. The fraction of sp³-hybridized carbons (Fsp3) is 0.571. The molecule has 2 heterocycles. The molecule has 1 aromatic carbocycles. The van der Waals surface area contributed by atoms with E-state index in [-0.39, 0.29) is 0 Å². The van der Waals surface area contributed by atoms with Crippen molar-refractivity contribution in [1.29, 1.82) is 0 Å². The van der Waals surface area contributed by atoms with E-state index < -0.39 is 0 Å². The van der Waals surface area contributed by atoms with Crippen molar-refractivity contribution in [3.63, 3.8) is 0 Å². The van der Waals surface area contributed by atoms with Gasteiger partial charge < -0.3 is 17.8 Å². The van der Waals surface area contributed by atoms with Crippen LogP contribution in [0.5, 0.6) is 0 Å². The molecule has 0 radical (unpaired) electrons. The molecule has 2 aliphatic rings. The first-order chi connectivity index (χ1) is 9.90. The third-order valence-corrected chi connectivity index (χ3v) is 4.54. The zero-order valence-corrected chi connectivity index (χ0v) is 12.8. The van der Waals surface area contributed by atoms with E-state index in [1.54, 1.807) is 0 Å². The Kier molecular flexibility index (Phi) is 5.64. The monoisotopic (exact) mass is 314 g/mol. The molecular weight excluding hydrogens is 296 g/mol. The summed E-state index contributed by atoms with van der Waals surface area (Å²) in [5.41, 5.74) is 2.36. The zero-order valence-electron chi connectivity index (χ0n) is 11.2. The van der Waals surface area contributed by atoms with Gasteiger partial charge in [-0.1, -0.05) is 24.3 Å². The standard InChI is InChI=1S/C14H18O4S2/c1-2-12(6-18-20-10-14-8-16-14)4-3-11(1)5-17-19-9-13-7-15-13/h1-4,13-14H,5-10H2. The Bertz CT molecular complexity index is 365. The maximum absolute atomic E-state index is 5.53. The van der Waals surface area contributed by atoms with Crippen molar-refractivity contribution in [3.8, 4) is 0 Å². The highest BCUT2D eigenvalue weighted by atomic mass is 32.2. The average Bonchev–Trinajstić information content (AvgIpc) is 3.36. The molecule has 4 nitrogen and oxygen atoms in total. The molecule has 0 spiro atoms. The van der Waals surface area contributed by atoms with Crippen LogP contribution in [-0.4, -0.2) is 36.9 Å². The lowest BCUT2D eigenvalue weighted by Gasteiger charge is -2.05. The highest BCUT2D eigenvalue weighted by Crippen LogP contribution is 2.20.